The van der Waals surface area contributed by atoms with Gasteiger partial charge in [0.05, 0.1) is 7.11 Å². The van der Waals surface area contributed by atoms with Gasteiger partial charge in [-0.25, -0.2) is 0 Å². The molecule has 1 aromatic heterocycles. The largest absolute Gasteiger partial charge is 0.497 e. The maximum absolute atomic E-state index is 12.9. The third kappa shape index (κ3) is 3.46. The Morgan fingerprint density at radius 1 is 1.15 bits per heavy atom. The third-order valence-electron chi connectivity index (χ3n) is 5.45. The van der Waals surface area contributed by atoms with E-state index in [0.717, 1.165) is 43.9 Å². The molecular weight excluding hydrogens is 330 g/mol. The minimum atomic E-state index is -0.0545. The molecule has 1 atom stereocenters. The third-order valence-corrected chi connectivity index (χ3v) is 5.45. The second-order valence-electron chi connectivity index (χ2n) is 7.10. The zero-order valence-electron chi connectivity index (χ0n) is 15.2. The van der Waals surface area contributed by atoms with Crippen LogP contribution in [0.25, 0.3) is 11.3 Å². The standard InChI is InChI=1S/C20H25N3O3/c1-25-17-8-6-15(7-9-17)18-13-19(26-21-18)20(24)23-12-4-5-16(14-23)22-10-2-3-11-22/h6-9,13,16H,2-5,10-12,14H2,1H3/t16-/m0/s1. The number of likely N-dealkylation sites (tertiary alicyclic amines) is 2. The van der Waals surface area contributed by atoms with Crippen molar-refractivity contribution in [2.45, 2.75) is 31.7 Å². The Bertz CT molecular complexity index is 750. The summed E-state index contributed by atoms with van der Waals surface area (Å²) in [6.07, 6.45) is 4.78. The Kier molecular flexibility index (Phi) is 4.93. The first-order valence-electron chi connectivity index (χ1n) is 9.39. The molecule has 26 heavy (non-hydrogen) atoms. The van der Waals surface area contributed by atoms with Crippen molar-refractivity contribution in [3.63, 3.8) is 0 Å². The molecule has 2 aliphatic heterocycles. The first-order valence-corrected chi connectivity index (χ1v) is 9.39. The number of carbonyl (C=O) groups excluding carboxylic acids is 1. The van der Waals surface area contributed by atoms with E-state index >= 15 is 0 Å². The van der Waals surface area contributed by atoms with E-state index in [9.17, 15) is 4.79 Å². The molecule has 0 bridgehead atoms. The van der Waals surface area contributed by atoms with E-state index in [2.05, 4.69) is 10.1 Å². The van der Waals surface area contributed by atoms with Crippen LogP contribution in [0.4, 0.5) is 0 Å². The molecule has 6 nitrogen and oxygen atoms in total. The van der Waals surface area contributed by atoms with Gasteiger partial charge in [0, 0.05) is 30.8 Å². The summed E-state index contributed by atoms with van der Waals surface area (Å²) in [4.78, 5) is 17.3. The van der Waals surface area contributed by atoms with Crippen LogP contribution < -0.4 is 4.74 Å². The summed E-state index contributed by atoms with van der Waals surface area (Å²) in [5.41, 5.74) is 1.58. The van der Waals surface area contributed by atoms with Gasteiger partial charge in [0.25, 0.3) is 5.91 Å². The van der Waals surface area contributed by atoms with Crippen molar-refractivity contribution in [1.82, 2.24) is 15.0 Å². The Morgan fingerprint density at radius 3 is 2.65 bits per heavy atom. The fourth-order valence-corrected chi connectivity index (χ4v) is 3.97. The van der Waals surface area contributed by atoms with Crippen molar-refractivity contribution in [2.24, 2.45) is 0 Å². The molecule has 0 saturated carbocycles. The molecule has 2 aliphatic rings. The SMILES string of the molecule is COc1ccc(-c2cc(C(=O)N3CCC[C@H](N4CCCC4)C3)on2)cc1. The molecule has 0 radical (unpaired) electrons. The molecule has 4 rings (SSSR count). The summed E-state index contributed by atoms with van der Waals surface area (Å²) in [5, 5.41) is 4.08. The summed E-state index contributed by atoms with van der Waals surface area (Å²) < 4.78 is 10.5. The number of piperidine rings is 1. The number of amides is 1. The van der Waals surface area contributed by atoms with Gasteiger partial charge in [0.1, 0.15) is 11.4 Å². The van der Waals surface area contributed by atoms with Crippen molar-refractivity contribution < 1.29 is 14.1 Å². The van der Waals surface area contributed by atoms with Crippen molar-refractivity contribution in [3.05, 3.63) is 36.1 Å². The minimum Gasteiger partial charge on any atom is -0.497 e. The van der Waals surface area contributed by atoms with Gasteiger partial charge < -0.3 is 14.2 Å². The van der Waals surface area contributed by atoms with Crippen molar-refractivity contribution in [1.29, 1.82) is 0 Å². The molecule has 2 saturated heterocycles. The lowest BCUT2D eigenvalue weighted by molar-refractivity contribution is 0.0569. The van der Waals surface area contributed by atoms with E-state index in [1.807, 2.05) is 29.2 Å². The number of nitrogens with zero attached hydrogens (tertiary/aromatic N) is 3. The number of carbonyl (C=O) groups is 1. The van der Waals surface area contributed by atoms with Gasteiger partial charge in [-0.05, 0) is 63.0 Å². The van der Waals surface area contributed by atoms with Gasteiger partial charge in [-0.15, -0.1) is 0 Å². The summed E-state index contributed by atoms with van der Waals surface area (Å²) in [6.45, 7) is 3.91. The molecular formula is C20H25N3O3. The van der Waals surface area contributed by atoms with Gasteiger partial charge in [-0.1, -0.05) is 5.16 Å². The average molecular weight is 355 g/mol. The molecule has 1 amide bonds. The van der Waals surface area contributed by atoms with Gasteiger partial charge >= 0.3 is 0 Å². The fraction of sp³-hybridized carbons (Fsp3) is 0.500. The Morgan fingerprint density at radius 2 is 1.92 bits per heavy atom. The summed E-state index contributed by atoms with van der Waals surface area (Å²) in [6, 6.07) is 9.79. The highest BCUT2D eigenvalue weighted by Crippen LogP contribution is 2.25. The van der Waals surface area contributed by atoms with Gasteiger partial charge in [-0.2, -0.15) is 0 Å². The molecule has 0 aliphatic carbocycles. The Labute approximate surface area is 153 Å². The monoisotopic (exact) mass is 355 g/mol. The van der Waals surface area contributed by atoms with Gasteiger partial charge in [0.15, 0.2) is 0 Å². The molecule has 6 heteroatoms. The smallest absolute Gasteiger partial charge is 0.292 e. The van der Waals surface area contributed by atoms with Gasteiger partial charge in [0.2, 0.25) is 5.76 Å². The highest BCUT2D eigenvalue weighted by molar-refractivity contribution is 5.92. The number of methoxy groups -OCH3 is 1. The number of rotatable bonds is 4. The number of ether oxygens (including phenoxy) is 1. The lowest BCUT2D eigenvalue weighted by atomic mass is 10.0. The molecule has 0 N–H and O–H groups in total. The van der Waals surface area contributed by atoms with Crippen LogP contribution in [0.1, 0.15) is 36.2 Å². The van der Waals surface area contributed by atoms with E-state index in [-0.39, 0.29) is 5.91 Å². The fourth-order valence-electron chi connectivity index (χ4n) is 3.97. The molecule has 1 aromatic carbocycles. The normalized spacial score (nSPS) is 21.1. The van der Waals surface area contributed by atoms with Crippen LogP contribution in [-0.2, 0) is 0 Å². The molecule has 2 aromatic rings. The maximum atomic E-state index is 12.9. The van der Waals surface area contributed by atoms with Crippen molar-refractivity contribution in [3.8, 4) is 17.0 Å². The number of hydrogen-bond acceptors (Lipinski definition) is 5. The Balaban J connectivity index is 1.45. The van der Waals surface area contributed by atoms with Crippen LogP contribution in [0.2, 0.25) is 0 Å². The van der Waals surface area contributed by atoms with E-state index < -0.39 is 0 Å². The second kappa shape index (κ2) is 7.50. The van der Waals surface area contributed by atoms with E-state index in [1.54, 1.807) is 13.2 Å². The van der Waals surface area contributed by atoms with Crippen LogP contribution in [0, 0.1) is 0 Å². The lowest BCUT2D eigenvalue weighted by Gasteiger charge is -2.37. The number of hydrogen-bond donors (Lipinski definition) is 0. The summed E-state index contributed by atoms with van der Waals surface area (Å²) in [5.74, 6) is 1.05. The lowest BCUT2D eigenvalue weighted by Crippen LogP contribution is -2.48. The first-order chi connectivity index (χ1) is 12.7. The number of aromatic nitrogens is 1. The predicted octanol–water partition coefficient (Wildman–Crippen LogP) is 3.05. The quantitative estimate of drug-likeness (QED) is 0.844. The first kappa shape index (κ1) is 17.1. The molecule has 2 fully saturated rings. The minimum absolute atomic E-state index is 0.0545. The predicted molar refractivity (Wildman–Crippen MR) is 98.2 cm³/mol. The summed E-state index contributed by atoms with van der Waals surface area (Å²) >= 11 is 0. The van der Waals surface area contributed by atoms with Gasteiger partial charge in [-0.3, -0.25) is 9.69 Å². The zero-order valence-corrected chi connectivity index (χ0v) is 15.2. The van der Waals surface area contributed by atoms with Crippen LogP contribution in [0.15, 0.2) is 34.9 Å². The maximum Gasteiger partial charge on any atom is 0.292 e. The van der Waals surface area contributed by atoms with Crippen molar-refractivity contribution in [2.75, 3.05) is 33.3 Å². The van der Waals surface area contributed by atoms with Crippen LogP contribution in [0.5, 0.6) is 5.75 Å². The van der Waals surface area contributed by atoms with E-state index in [0.29, 0.717) is 17.5 Å². The van der Waals surface area contributed by atoms with Crippen LogP contribution in [0.3, 0.4) is 0 Å². The van der Waals surface area contributed by atoms with Crippen LogP contribution in [-0.4, -0.2) is 60.2 Å². The highest BCUT2D eigenvalue weighted by Gasteiger charge is 2.31. The van der Waals surface area contributed by atoms with Crippen molar-refractivity contribution >= 4 is 5.91 Å². The van der Waals surface area contributed by atoms with E-state index in [1.165, 1.54) is 19.3 Å². The topological polar surface area (TPSA) is 58.8 Å². The second-order valence-corrected chi connectivity index (χ2v) is 7.10. The summed E-state index contributed by atoms with van der Waals surface area (Å²) in [7, 11) is 1.63. The van der Waals surface area contributed by atoms with Crippen LogP contribution >= 0.6 is 0 Å². The zero-order chi connectivity index (χ0) is 17.9. The highest BCUT2D eigenvalue weighted by atomic mass is 16.5. The number of benzene rings is 1. The Hall–Kier alpha value is -2.34. The average Bonchev–Trinajstić information content (AvgIpc) is 3.40. The molecule has 0 spiro atoms. The molecule has 3 heterocycles. The van der Waals surface area contributed by atoms with E-state index in [4.69, 9.17) is 9.26 Å². The molecule has 0 unspecified atom stereocenters. The molecule has 138 valence electrons.